The number of nitrogens with zero attached hydrogens (tertiary/aromatic N) is 3. The second-order valence-corrected chi connectivity index (χ2v) is 3.80. The van der Waals surface area contributed by atoms with E-state index in [2.05, 4.69) is 15.1 Å². The topological polar surface area (TPSA) is 51.8 Å². The van der Waals surface area contributed by atoms with Crippen LogP contribution in [-0.2, 0) is 5.88 Å². The third-order valence-corrected chi connectivity index (χ3v) is 2.70. The summed E-state index contributed by atoms with van der Waals surface area (Å²) in [6.45, 7) is 0. The summed E-state index contributed by atoms with van der Waals surface area (Å²) in [5.74, 6) is 1.10. The monoisotopic (exact) mass is 245 g/mol. The number of aromatic nitrogens is 3. The summed E-state index contributed by atoms with van der Waals surface area (Å²) >= 11 is 5.64. The Hall–Kier alpha value is -1.94. The molecule has 0 fully saturated rings. The van der Waals surface area contributed by atoms with E-state index in [0.29, 0.717) is 17.4 Å². The fourth-order valence-electron chi connectivity index (χ4n) is 1.69. The van der Waals surface area contributed by atoms with E-state index in [9.17, 15) is 0 Å². The van der Waals surface area contributed by atoms with E-state index < -0.39 is 0 Å². The Labute approximate surface area is 102 Å². The molecule has 0 N–H and O–H groups in total. The van der Waals surface area contributed by atoms with Crippen LogP contribution >= 0.6 is 11.6 Å². The highest BCUT2D eigenvalue weighted by atomic mass is 35.5. The maximum atomic E-state index is 5.64. The number of pyridine rings is 1. The van der Waals surface area contributed by atoms with Crippen LogP contribution in [0.5, 0.6) is 0 Å². The van der Waals surface area contributed by atoms with Gasteiger partial charge in [0.2, 0.25) is 0 Å². The predicted molar refractivity (Wildman–Crippen MR) is 64.6 cm³/mol. The quantitative estimate of drug-likeness (QED) is 0.651. The molecule has 2 aromatic heterocycles. The molecule has 5 heteroatoms. The van der Waals surface area contributed by atoms with E-state index in [4.69, 9.17) is 16.1 Å². The Morgan fingerprint density at radius 2 is 2.06 bits per heavy atom. The fourth-order valence-corrected chi connectivity index (χ4v) is 1.80. The number of rotatable bonds is 2. The minimum absolute atomic E-state index is 0.230. The Kier molecular flexibility index (Phi) is 2.49. The molecule has 0 radical (unpaired) electrons. The van der Waals surface area contributed by atoms with Crippen molar-refractivity contribution in [2.45, 2.75) is 5.88 Å². The normalized spacial score (nSPS) is 10.9. The van der Waals surface area contributed by atoms with Crippen molar-refractivity contribution >= 4 is 22.4 Å². The Morgan fingerprint density at radius 1 is 1.18 bits per heavy atom. The molecule has 1 aromatic carbocycles. The van der Waals surface area contributed by atoms with Crippen molar-refractivity contribution in [1.29, 1.82) is 0 Å². The van der Waals surface area contributed by atoms with Crippen LogP contribution in [0, 0.1) is 0 Å². The molecule has 0 saturated heterocycles. The van der Waals surface area contributed by atoms with Gasteiger partial charge in [-0.3, -0.25) is 4.98 Å². The zero-order chi connectivity index (χ0) is 11.7. The fraction of sp³-hybridized carbons (Fsp3) is 0.0833. The van der Waals surface area contributed by atoms with Gasteiger partial charge in [0.05, 0.1) is 5.88 Å². The summed E-state index contributed by atoms with van der Waals surface area (Å²) in [6.07, 6.45) is 1.72. The molecule has 0 atom stereocenters. The van der Waals surface area contributed by atoms with Crippen LogP contribution in [0.3, 0.4) is 0 Å². The van der Waals surface area contributed by atoms with Crippen molar-refractivity contribution in [2.24, 2.45) is 0 Å². The maximum absolute atomic E-state index is 5.64. The largest absolute Gasteiger partial charge is 0.332 e. The second-order valence-electron chi connectivity index (χ2n) is 3.53. The molecule has 0 aliphatic rings. The van der Waals surface area contributed by atoms with Crippen molar-refractivity contribution in [3.8, 4) is 11.6 Å². The molecule has 17 heavy (non-hydrogen) atoms. The Bertz CT molecular complexity index is 660. The highest BCUT2D eigenvalue weighted by Gasteiger charge is 2.12. The van der Waals surface area contributed by atoms with Gasteiger partial charge in [-0.15, -0.1) is 11.6 Å². The van der Waals surface area contributed by atoms with Gasteiger partial charge in [-0.25, -0.2) is 0 Å². The number of fused-ring (bicyclic) bond motifs is 1. The van der Waals surface area contributed by atoms with Gasteiger partial charge < -0.3 is 4.52 Å². The molecular formula is C12H8ClN3O. The van der Waals surface area contributed by atoms with Gasteiger partial charge in [0.15, 0.2) is 5.82 Å². The van der Waals surface area contributed by atoms with Crippen LogP contribution in [-0.4, -0.2) is 15.1 Å². The molecule has 84 valence electrons. The predicted octanol–water partition coefficient (Wildman–Crippen LogP) is 3.02. The molecule has 0 bridgehead atoms. The first-order valence-electron chi connectivity index (χ1n) is 5.11. The summed E-state index contributed by atoms with van der Waals surface area (Å²) in [6, 6.07) is 9.86. The summed E-state index contributed by atoms with van der Waals surface area (Å²) < 4.78 is 5.14. The van der Waals surface area contributed by atoms with Gasteiger partial charge in [-0.2, -0.15) is 4.98 Å². The lowest BCUT2D eigenvalue weighted by Gasteiger charge is -2.00. The molecule has 0 unspecified atom stereocenters. The van der Waals surface area contributed by atoms with Crippen molar-refractivity contribution in [3.63, 3.8) is 0 Å². The number of alkyl halides is 1. The van der Waals surface area contributed by atoms with Crippen molar-refractivity contribution < 1.29 is 4.52 Å². The van der Waals surface area contributed by atoms with E-state index in [1.54, 1.807) is 6.20 Å². The van der Waals surface area contributed by atoms with Gasteiger partial charge in [-0.1, -0.05) is 29.4 Å². The lowest BCUT2D eigenvalue weighted by Crippen LogP contribution is -1.86. The second kappa shape index (κ2) is 4.14. The van der Waals surface area contributed by atoms with Crippen LogP contribution in [0.25, 0.3) is 22.4 Å². The molecule has 0 aliphatic carbocycles. The molecule has 3 aromatic rings. The smallest absolute Gasteiger partial charge is 0.277 e. The molecule has 4 nitrogen and oxygen atoms in total. The zero-order valence-electron chi connectivity index (χ0n) is 8.80. The van der Waals surface area contributed by atoms with Crippen LogP contribution in [0.4, 0.5) is 0 Å². The Balaban J connectivity index is 2.23. The molecule has 2 heterocycles. The highest BCUT2D eigenvalue weighted by Crippen LogP contribution is 2.24. The van der Waals surface area contributed by atoms with Crippen LogP contribution < -0.4 is 0 Å². The van der Waals surface area contributed by atoms with Crippen LogP contribution in [0.1, 0.15) is 5.82 Å². The summed E-state index contributed by atoms with van der Waals surface area (Å²) in [7, 11) is 0. The average molecular weight is 246 g/mol. The molecule has 3 rings (SSSR count). The lowest BCUT2D eigenvalue weighted by molar-refractivity contribution is 0.424. The number of halogens is 1. The molecule has 0 amide bonds. The lowest BCUT2D eigenvalue weighted by atomic mass is 10.1. The van der Waals surface area contributed by atoms with Gasteiger partial charge in [0.1, 0.15) is 5.69 Å². The number of hydrogen-bond donors (Lipinski definition) is 0. The third kappa shape index (κ3) is 1.76. The van der Waals surface area contributed by atoms with Crippen molar-refractivity contribution in [3.05, 3.63) is 42.4 Å². The zero-order valence-corrected chi connectivity index (χ0v) is 9.55. The summed E-state index contributed by atoms with van der Waals surface area (Å²) in [5.41, 5.74) is 0.687. The van der Waals surface area contributed by atoms with Crippen LogP contribution in [0.15, 0.2) is 41.1 Å². The minimum atomic E-state index is 0.230. The highest BCUT2D eigenvalue weighted by molar-refractivity contribution is 6.16. The number of benzene rings is 1. The molecule has 0 aliphatic heterocycles. The van der Waals surface area contributed by atoms with E-state index in [-0.39, 0.29) is 5.88 Å². The van der Waals surface area contributed by atoms with Gasteiger partial charge in [0, 0.05) is 11.6 Å². The average Bonchev–Trinajstić information content (AvgIpc) is 2.87. The Morgan fingerprint density at radius 3 is 2.88 bits per heavy atom. The van der Waals surface area contributed by atoms with Crippen molar-refractivity contribution in [2.75, 3.05) is 0 Å². The molecule has 0 saturated carbocycles. The van der Waals surface area contributed by atoms with Gasteiger partial charge in [-0.05, 0) is 11.5 Å². The number of hydrogen-bond acceptors (Lipinski definition) is 4. The first kappa shape index (κ1) is 10.2. The first-order chi connectivity index (χ1) is 8.38. The SMILES string of the molecule is ClCc1noc(-c2nccc3ccccc23)n1. The van der Waals surface area contributed by atoms with Crippen molar-refractivity contribution in [1.82, 2.24) is 15.1 Å². The van der Waals surface area contributed by atoms with E-state index in [1.165, 1.54) is 0 Å². The summed E-state index contributed by atoms with van der Waals surface area (Å²) in [5, 5.41) is 5.83. The molecular weight excluding hydrogens is 238 g/mol. The van der Waals surface area contributed by atoms with E-state index in [0.717, 1.165) is 10.8 Å². The minimum Gasteiger partial charge on any atom is -0.332 e. The van der Waals surface area contributed by atoms with E-state index in [1.807, 2.05) is 30.3 Å². The van der Waals surface area contributed by atoms with Crippen LogP contribution in [0.2, 0.25) is 0 Å². The third-order valence-electron chi connectivity index (χ3n) is 2.46. The van der Waals surface area contributed by atoms with Gasteiger partial charge >= 0.3 is 0 Å². The van der Waals surface area contributed by atoms with Gasteiger partial charge in [0.25, 0.3) is 5.89 Å². The van der Waals surface area contributed by atoms with E-state index >= 15 is 0 Å². The standard InChI is InChI=1S/C12H8ClN3O/c13-7-10-15-12(17-16-10)11-9-4-2-1-3-8(9)5-6-14-11/h1-6H,7H2. The maximum Gasteiger partial charge on any atom is 0.277 e. The first-order valence-corrected chi connectivity index (χ1v) is 5.64. The summed E-state index contributed by atoms with van der Waals surface area (Å²) in [4.78, 5) is 8.46. The molecule has 0 spiro atoms.